The van der Waals surface area contributed by atoms with Crippen molar-refractivity contribution in [2.75, 3.05) is 12.0 Å². The van der Waals surface area contributed by atoms with E-state index in [1.165, 1.54) is 18.1 Å². The van der Waals surface area contributed by atoms with Crippen LogP contribution in [0.1, 0.15) is 43.5 Å². The van der Waals surface area contributed by atoms with E-state index in [0.717, 1.165) is 5.56 Å². The first kappa shape index (κ1) is 23.5. The Balaban J connectivity index is 1.89. The summed E-state index contributed by atoms with van der Waals surface area (Å²) in [6, 6.07) is 14.9. The number of anilines is 1. The van der Waals surface area contributed by atoms with E-state index in [4.69, 9.17) is 16.3 Å². The number of aliphatic hydroxyl groups excluding tert-OH is 1. The second kappa shape index (κ2) is 8.95. The minimum atomic E-state index is -0.829. The highest BCUT2D eigenvalue weighted by Crippen LogP contribution is 2.43. The molecule has 2 heterocycles. The molecule has 1 N–H and O–H groups in total. The standard InChI is InChI=1S/C27H25ClN2O4/c1-27(2,3)18-6-8-19(9-7-18)30-23(16-11-13-29-14-12-16)22(25(32)26(30)33)24(31)17-5-10-21(34-4)20(28)15-17/h5-15,23,31H,1-4H3/b24-22-. The van der Waals surface area contributed by atoms with Gasteiger partial charge < -0.3 is 9.84 Å². The number of halogens is 1. The van der Waals surface area contributed by atoms with Crippen molar-refractivity contribution in [2.45, 2.75) is 32.2 Å². The maximum absolute atomic E-state index is 13.3. The zero-order chi connectivity index (χ0) is 24.6. The molecule has 1 saturated heterocycles. The molecule has 1 aromatic heterocycles. The van der Waals surface area contributed by atoms with Crippen LogP contribution in [-0.2, 0) is 15.0 Å². The minimum Gasteiger partial charge on any atom is -0.507 e. The molecule has 3 aromatic rings. The Morgan fingerprint density at radius 3 is 2.24 bits per heavy atom. The van der Waals surface area contributed by atoms with Crippen LogP contribution in [0.2, 0.25) is 5.02 Å². The fourth-order valence-corrected chi connectivity index (χ4v) is 4.31. The molecule has 2 aromatic carbocycles. The van der Waals surface area contributed by atoms with E-state index in [0.29, 0.717) is 22.6 Å². The molecule has 7 heteroatoms. The van der Waals surface area contributed by atoms with Gasteiger partial charge in [0.05, 0.1) is 23.7 Å². The van der Waals surface area contributed by atoms with Gasteiger partial charge >= 0.3 is 0 Å². The van der Waals surface area contributed by atoms with E-state index in [1.807, 2.05) is 24.3 Å². The predicted molar refractivity (Wildman–Crippen MR) is 132 cm³/mol. The zero-order valence-corrected chi connectivity index (χ0v) is 20.1. The molecule has 1 aliphatic heterocycles. The number of hydrogen-bond donors (Lipinski definition) is 1. The smallest absolute Gasteiger partial charge is 0.300 e. The fourth-order valence-electron chi connectivity index (χ4n) is 4.05. The number of ether oxygens (including phenoxy) is 1. The van der Waals surface area contributed by atoms with Crippen molar-refractivity contribution in [3.63, 3.8) is 0 Å². The fraction of sp³-hybridized carbons (Fsp3) is 0.222. The number of aliphatic hydroxyl groups is 1. The van der Waals surface area contributed by atoms with Crippen LogP contribution in [-0.4, -0.2) is 28.9 Å². The highest BCUT2D eigenvalue weighted by Gasteiger charge is 2.47. The van der Waals surface area contributed by atoms with Crippen LogP contribution in [0, 0.1) is 0 Å². The molecule has 0 saturated carbocycles. The lowest BCUT2D eigenvalue weighted by Gasteiger charge is -2.26. The van der Waals surface area contributed by atoms with E-state index in [9.17, 15) is 14.7 Å². The summed E-state index contributed by atoms with van der Waals surface area (Å²) < 4.78 is 5.18. The average molecular weight is 477 g/mol. The molecular weight excluding hydrogens is 452 g/mol. The third kappa shape index (κ3) is 4.17. The Kier molecular flexibility index (Phi) is 6.19. The Morgan fingerprint density at radius 2 is 1.68 bits per heavy atom. The number of aromatic nitrogens is 1. The van der Waals surface area contributed by atoms with Crippen molar-refractivity contribution in [1.82, 2.24) is 4.98 Å². The first-order chi connectivity index (χ1) is 16.1. The average Bonchev–Trinajstić information content (AvgIpc) is 3.09. The number of carbonyl (C=O) groups excluding carboxylic acids is 2. The second-order valence-electron chi connectivity index (χ2n) is 9.10. The van der Waals surface area contributed by atoms with E-state index in [-0.39, 0.29) is 21.8 Å². The molecule has 0 spiro atoms. The molecule has 1 fully saturated rings. The maximum Gasteiger partial charge on any atom is 0.300 e. The first-order valence-electron chi connectivity index (χ1n) is 10.8. The number of methoxy groups -OCH3 is 1. The lowest BCUT2D eigenvalue weighted by molar-refractivity contribution is -0.132. The van der Waals surface area contributed by atoms with Gasteiger partial charge in [-0.1, -0.05) is 44.5 Å². The Labute approximate surface area is 203 Å². The number of carbonyl (C=O) groups is 2. The number of nitrogens with zero attached hydrogens (tertiary/aromatic N) is 2. The van der Waals surface area contributed by atoms with Crippen LogP contribution in [0.3, 0.4) is 0 Å². The van der Waals surface area contributed by atoms with Gasteiger partial charge in [-0.05, 0) is 59.0 Å². The van der Waals surface area contributed by atoms with Gasteiger partial charge in [-0.15, -0.1) is 0 Å². The molecule has 174 valence electrons. The summed E-state index contributed by atoms with van der Waals surface area (Å²) >= 11 is 6.25. The van der Waals surface area contributed by atoms with E-state index in [2.05, 4.69) is 25.8 Å². The molecule has 0 bridgehead atoms. The van der Waals surface area contributed by atoms with Crippen molar-refractivity contribution in [2.24, 2.45) is 0 Å². The summed E-state index contributed by atoms with van der Waals surface area (Å²) in [5.41, 5.74) is 2.54. The van der Waals surface area contributed by atoms with Gasteiger partial charge in [-0.3, -0.25) is 19.5 Å². The maximum atomic E-state index is 13.3. The van der Waals surface area contributed by atoms with Crippen LogP contribution in [0.15, 0.2) is 72.6 Å². The summed E-state index contributed by atoms with van der Waals surface area (Å²) in [6.07, 6.45) is 3.17. The number of benzene rings is 2. The predicted octanol–water partition coefficient (Wildman–Crippen LogP) is 5.67. The van der Waals surface area contributed by atoms with Crippen LogP contribution >= 0.6 is 11.6 Å². The third-order valence-electron chi connectivity index (χ3n) is 5.90. The lowest BCUT2D eigenvalue weighted by Crippen LogP contribution is -2.29. The summed E-state index contributed by atoms with van der Waals surface area (Å²) in [5.74, 6) is -1.36. The van der Waals surface area contributed by atoms with Gasteiger partial charge in [0.1, 0.15) is 11.5 Å². The summed E-state index contributed by atoms with van der Waals surface area (Å²) in [4.78, 5) is 32.0. The van der Waals surface area contributed by atoms with Crippen molar-refractivity contribution in [1.29, 1.82) is 0 Å². The Hall–Kier alpha value is -3.64. The first-order valence-corrected chi connectivity index (χ1v) is 11.2. The molecule has 1 unspecified atom stereocenters. The number of ketones is 1. The number of hydrogen-bond acceptors (Lipinski definition) is 5. The third-order valence-corrected chi connectivity index (χ3v) is 6.20. The second-order valence-corrected chi connectivity index (χ2v) is 9.50. The van der Waals surface area contributed by atoms with Crippen LogP contribution in [0.5, 0.6) is 5.75 Å². The number of Topliss-reactive ketones (excluding diaryl/α,β-unsaturated/α-hetero) is 1. The number of rotatable bonds is 4. The van der Waals surface area contributed by atoms with Crippen molar-refractivity contribution >= 4 is 34.7 Å². The van der Waals surface area contributed by atoms with Gasteiger partial charge in [-0.25, -0.2) is 0 Å². The highest BCUT2D eigenvalue weighted by atomic mass is 35.5. The number of pyridine rings is 1. The van der Waals surface area contributed by atoms with Gasteiger partial charge in [-0.2, -0.15) is 0 Å². The largest absolute Gasteiger partial charge is 0.507 e. The van der Waals surface area contributed by atoms with Gasteiger partial charge in [0, 0.05) is 23.6 Å². The summed E-state index contributed by atoms with van der Waals surface area (Å²) in [7, 11) is 1.49. The SMILES string of the molecule is COc1ccc(/C(O)=C2/C(=O)C(=O)N(c3ccc(C(C)(C)C)cc3)C2c2ccncc2)cc1Cl. The quantitative estimate of drug-likeness (QED) is 0.298. The molecule has 0 aliphatic carbocycles. The van der Waals surface area contributed by atoms with Gasteiger partial charge in [0.15, 0.2) is 0 Å². The van der Waals surface area contributed by atoms with Crippen molar-refractivity contribution in [3.8, 4) is 5.75 Å². The van der Waals surface area contributed by atoms with E-state index in [1.54, 1.807) is 36.7 Å². The summed E-state index contributed by atoms with van der Waals surface area (Å²) in [6.45, 7) is 6.31. The monoisotopic (exact) mass is 476 g/mol. The lowest BCUT2D eigenvalue weighted by atomic mass is 9.87. The van der Waals surface area contributed by atoms with Gasteiger partial charge in [0.25, 0.3) is 11.7 Å². The molecule has 0 radical (unpaired) electrons. The molecular formula is C27H25ClN2O4. The van der Waals surface area contributed by atoms with Crippen LogP contribution in [0.4, 0.5) is 5.69 Å². The molecule has 1 aliphatic rings. The van der Waals surface area contributed by atoms with E-state index >= 15 is 0 Å². The molecule has 1 atom stereocenters. The minimum absolute atomic E-state index is 0.0164. The van der Waals surface area contributed by atoms with Crippen molar-refractivity contribution < 1.29 is 19.4 Å². The summed E-state index contributed by atoms with van der Waals surface area (Å²) in [5, 5.41) is 11.5. The Bertz CT molecular complexity index is 1280. The normalized spacial score (nSPS) is 17.8. The number of amides is 1. The van der Waals surface area contributed by atoms with E-state index < -0.39 is 17.7 Å². The highest BCUT2D eigenvalue weighted by molar-refractivity contribution is 6.51. The molecule has 34 heavy (non-hydrogen) atoms. The Morgan fingerprint density at radius 1 is 1.03 bits per heavy atom. The molecule has 4 rings (SSSR count). The van der Waals surface area contributed by atoms with Crippen LogP contribution < -0.4 is 9.64 Å². The topological polar surface area (TPSA) is 79.7 Å². The molecule has 6 nitrogen and oxygen atoms in total. The van der Waals surface area contributed by atoms with Gasteiger partial charge in [0.2, 0.25) is 0 Å². The zero-order valence-electron chi connectivity index (χ0n) is 19.4. The van der Waals surface area contributed by atoms with Crippen molar-refractivity contribution in [3.05, 3.63) is 94.3 Å². The van der Waals surface area contributed by atoms with Crippen LogP contribution in [0.25, 0.3) is 5.76 Å². The molecule has 1 amide bonds.